The van der Waals surface area contributed by atoms with Gasteiger partial charge in [0.2, 0.25) is 5.91 Å². The van der Waals surface area contributed by atoms with E-state index in [1.54, 1.807) is 11.8 Å². The standard InChI is InChI=1S/C24H29N3OS/c1-17(2)18-10-12-19(13-11-18)25-22(28)16-29-23-20-8-4-5-9-21(20)26-24(27-23)14-6-3-7-15-24/h4-5,8-13,17,26H,3,6-7,14-16H2,1-2H3,(H,25,28). The van der Waals surface area contributed by atoms with Crippen molar-refractivity contribution < 1.29 is 4.79 Å². The van der Waals surface area contributed by atoms with Crippen LogP contribution in [-0.2, 0) is 4.79 Å². The van der Waals surface area contributed by atoms with E-state index in [4.69, 9.17) is 4.99 Å². The molecule has 1 aliphatic carbocycles. The molecule has 0 aromatic heterocycles. The number of rotatable bonds is 4. The topological polar surface area (TPSA) is 53.5 Å². The molecule has 1 heterocycles. The molecule has 2 N–H and O–H groups in total. The molecule has 1 spiro atoms. The van der Waals surface area contributed by atoms with Crippen LogP contribution in [0.25, 0.3) is 0 Å². The minimum atomic E-state index is -0.196. The van der Waals surface area contributed by atoms with Crippen molar-refractivity contribution >= 4 is 34.1 Å². The zero-order valence-electron chi connectivity index (χ0n) is 17.2. The number of carbonyl (C=O) groups excluding carboxylic acids is 1. The summed E-state index contributed by atoms with van der Waals surface area (Å²) in [7, 11) is 0. The van der Waals surface area contributed by atoms with E-state index in [0.29, 0.717) is 11.7 Å². The first kappa shape index (κ1) is 20.0. The van der Waals surface area contributed by atoms with Crippen molar-refractivity contribution in [3.05, 3.63) is 59.7 Å². The molecule has 0 unspecified atom stereocenters. The number of fused-ring (bicyclic) bond motifs is 1. The quantitative estimate of drug-likeness (QED) is 0.652. The Hall–Kier alpha value is -2.27. The van der Waals surface area contributed by atoms with Gasteiger partial charge in [-0.3, -0.25) is 4.79 Å². The molecule has 1 amide bonds. The van der Waals surface area contributed by atoms with Crippen LogP contribution >= 0.6 is 11.8 Å². The van der Waals surface area contributed by atoms with Crippen LogP contribution in [0, 0.1) is 0 Å². The van der Waals surface area contributed by atoms with Crippen molar-refractivity contribution in [2.45, 2.75) is 57.5 Å². The maximum atomic E-state index is 12.6. The monoisotopic (exact) mass is 407 g/mol. The normalized spacial score (nSPS) is 17.4. The first-order chi connectivity index (χ1) is 14.0. The lowest BCUT2D eigenvalue weighted by atomic mass is 9.88. The van der Waals surface area contributed by atoms with Gasteiger partial charge in [0.1, 0.15) is 10.7 Å². The largest absolute Gasteiger partial charge is 0.361 e. The highest BCUT2D eigenvalue weighted by Crippen LogP contribution is 2.39. The SMILES string of the molecule is CC(C)c1ccc(NC(=O)CSC2=NC3(CCCCC3)Nc3ccccc32)cc1. The van der Waals surface area contributed by atoms with Gasteiger partial charge >= 0.3 is 0 Å². The molecule has 1 fully saturated rings. The van der Waals surface area contributed by atoms with Gasteiger partial charge in [0, 0.05) is 16.9 Å². The van der Waals surface area contributed by atoms with Gasteiger partial charge in [0.15, 0.2) is 0 Å². The highest BCUT2D eigenvalue weighted by Gasteiger charge is 2.36. The average molecular weight is 408 g/mol. The summed E-state index contributed by atoms with van der Waals surface area (Å²) >= 11 is 1.54. The molecule has 2 aromatic rings. The van der Waals surface area contributed by atoms with E-state index in [1.807, 2.05) is 18.2 Å². The van der Waals surface area contributed by atoms with E-state index < -0.39 is 0 Å². The van der Waals surface area contributed by atoms with E-state index in [0.717, 1.165) is 34.8 Å². The van der Waals surface area contributed by atoms with Crippen LogP contribution < -0.4 is 10.6 Å². The number of anilines is 2. The Morgan fingerprint density at radius 1 is 1.10 bits per heavy atom. The van der Waals surface area contributed by atoms with Gasteiger partial charge in [0.25, 0.3) is 0 Å². The fourth-order valence-electron chi connectivity index (χ4n) is 4.08. The molecule has 1 aliphatic heterocycles. The van der Waals surface area contributed by atoms with Crippen LogP contribution in [0.2, 0.25) is 0 Å². The highest BCUT2D eigenvalue weighted by molar-refractivity contribution is 8.15. The third kappa shape index (κ3) is 4.67. The number of para-hydroxylation sites is 1. The molecule has 0 radical (unpaired) electrons. The molecule has 0 saturated heterocycles. The van der Waals surface area contributed by atoms with Crippen molar-refractivity contribution in [1.29, 1.82) is 0 Å². The summed E-state index contributed by atoms with van der Waals surface area (Å²) < 4.78 is 0. The summed E-state index contributed by atoms with van der Waals surface area (Å²) in [5.74, 6) is 0.846. The summed E-state index contributed by atoms with van der Waals surface area (Å²) in [4.78, 5) is 17.7. The van der Waals surface area contributed by atoms with Gasteiger partial charge in [-0.2, -0.15) is 0 Å². The predicted octanol–water partition coefficient (Wildman–Crippen LogP) is 6.01. The van der Waals surface area contributed by atoms with Crippen molar-refractivity contribution in [2.24, 2.45) is 4.99 Å². The van der Waals surface area contributed by atoms with Crippen molar-refractivity contribution in [2.75, 3.05) is 16.4 Å². The van der Waals surface area contributed by atoms with Crippen molar-refractivity contribution in [3.8, 4) is 0 Å². The van der Waals surface area contributed by atoms with Crippen LogP contribution in [0.15, 0.2) is 53.5 Å². The van der Waals surface area contributed by atoms with Gasteiger partial charge < -0.3 is 10.6 Å². The number of benzene rings is 2. The average Bonchev–Trinajstić information content (AvgIpc) is 2.73. The minimum Gasteiger partial charge on any atom is -0.361 e. The van der Waals surface area contributed by atoms with Crippen LogP contribution in [0.4, 0.5) is 11.4 Å². The maximum Gasteiger partial charge on any atom is 0.234 e. The van der Waals surface area contributed by atoms with Crippen LogP contribution in [0.5, 0.6) is 0 Å². The van der Waals surface area contributed by atoms with Gasteiger partial charge in [-0.15, -0.1) is 0 Å². The van der Waals surface area contributed by atoms with Crippen molar-refractivity contribution in [1.82, 2.24) is 0 Å². The number of nitrogens with zero attached hydrogens (tertiary/aromatic N) is 1. The first-order valence-electron chi connectivity index (χ1n) is 10.5. The van der Waals surface area contributed by atoms with Crippen LogP contribution in [0.1, 0.15) is 63.0 Å². The lowest BCUT2D eigenvalue weighted by Crippen LogP contribution is -2.42. The molecular weight excluding hydrogens is 378 g/mol. The number of hydrogen-bond acceptors (Lipinski definition) is 4. The predicted molar refractivity (Wildman–Crippen MR) is 124 cm³/mol. The number of aliphatic imine (C=N–C) groups is 1. The Morgan fingerprint density at radius 2 is 1.83 bits per heavy atom. The fourth-order valence-corrected chi connectivity index (χ4v) is 4.99. The summed E-state index contributed by atoms with van der Waals surface area (Å²) in [6, 6.07) is 16.4. The molecule has 29 heavy (non-hydrogen) atoms. The third-order valence-corrected chi connectivity index (χ3v) is 6.71. The van der Waals surface area contributed by atoms with E-state index in [1.165, 1.54) is 24.8 Å². The molecule has 1 saturated carbocycles. The molecule has 2 aromatic carbocycles. The number of amides is 1. The first-order valence-corrected chi connectivity index (χ1v) is 11.5. The molecular formula is C24H29N3OS. The summed E-state index contributed by atoms with van der Waals surface area (Å²) in [5.41, 5.74) is 4.16. The molecule has 4 rings (SSSR count). The number of nitrogens with one attached hydrogen (secondary N) is 2. The Bertz CT molecular complexity index is 899. The zero-order valence-corrected chi connectivity index (χ0v) is 18.0. The summed E-state index contributed by atoms with van der Waals surface area (Å²) in [5, 5.41) is 7.67. The number of thioether (sulfide) groups is 1. The number of carbonyl (C=O) groups is 1. The maximum absolute atomic E-state index is 12.6. The van der Waals surface area contributed by atoms with E-state index in [9.17, 15) is 4.79 Å². The van der Waals surface area contributed by atoms with E-state index >= 15 is 0 Å². The second kappa shape index (κ2) is 8.62. The van der Waals surface area contributed by atoms with Crippen molar-refractivity contribution in [3.63, 3.8) is 0 Å². The van der Waals surface area contributed by atoms with E-state index in [-0.39, 0.29) is 11.6 Å². The molecule has 0 atom stereocenters. The van der Waals surface area contributed by atoms with E-state index in [2.05, 4.69) is 54.8 Å². The molecule has 5 heteroatoms. The minimum absolute atomic E-state index is 0.00343. The highest BCUT2D eigenvalue weighted by atomic mass is 32.2. The Balaban J connectivity index is 1.45. The summed E-state index contributed by atoms with van der Waals surface area (Å²) in [6.07, 6.45) is 5.79. The fraction of sp³-hybridized carbons (Fsp3) is 0.417. The molecule has 152 valence electrons. The molecule has 0 bridgehead atoms. The second-order valence-electron chi connectivity index (χ2n) is 8.29. The molecule has 2 aliphatic rings. The summed E-state index contributed by atoms with van der Waals surface area (Å²) in [6.45, 7) is 4.34. The van der Waals surface area contributed by atoms with Crippen LogP contribution in [0.3, 0.4) is 0 Å². The Morgan fingerprint density at radius 3 is 2.55 bits per heavy atom. The molecule has 4 nitrogen and oxygen atoms in total. The second-order valence-corrected chi connectivity index (χ2v) is 9.26. The van der Waals surface area contributed by atoms with Crippen LogP contribution in [-0.4, -0.2) is 22.4 Å². The Labute approximate surface area is 177 Å². The Kier molecular flexibility index (Phi) is 5.95. The van der Waals surface area contributed by atoms with Gasteiger partial charge in [-0.1, -0.05) is 62.4 Å². The number of hydrogen-bond donors (Lipinski definition) is 2. The van der Waals surface area contributed by atoms with Gasteiger partial charge in [-0.25, -0.2) is 4.99 Å². The smallest absolute Gasteiger partial charge is 0.234 e. The third-order valence-electron chi connectivity index (χ3n) is 5.72. The lowest BCUT2D eigenvalue weighted by Gasteiger charge is -2.39. The van der Waals surface area contributed by atoms with Gasteiger partial charge in [-0.05, 0) is 55.4 Å². The zero-order chi connectivity index (χ0) is 20.3. The van der Waals surface area contributed by atoms with Gasteiger partial charge in [0.05, 0.1) is 5.75 Å². The lowest BCUT2D eigenvalue weighted by molar-refractivity contribution is -0.113.